The van der Waals surface area contributed by atoms with E-state index >= 15 is 0 Å². The molecule has 0 aliphatic carbocycles. The van der Waals surface area contributed by atoms with Crippen LogP contribution in [-0.4, -0.2) is 34.9 Å². The lowest BCUT2D eigenvalue weighted by Gasteiger charge is -2.30. The van der Waals surface area contributed by atoms with Crippen molar-refractivity contribution in [2.24, 2.45) is 0 Å². The van der Waals surface area contributed by atoms with Crippen molar-refractivity contribution < 1.29 is 9.59 Å². The zero-order chi connectivity index (χ0) is 20.1. The number of para-hydroxylation sites is 3. The van der Waals surface area contributed by atoms with Crippen LogP contribution in [0.15, 0.2) is 48.5 Å². The topological polar surface area (TPSA) is 90.1 Å². The van der Waals surface area contributed by atoms with Gasteiger partial charge in [-0.2, -0.15) is 0 Å². The Morgan fingerprint density at radius 2 is 1.83 bits per heavy atom. The van der Waals surface area contributed by atoms with E-state index < -0.39 is 0 Å². The maximum atomic E-state index is 12.2. The van der Waals surface area contributed by atoms with Crippen molar-refractivity contribution in [3.63, 3.8) is 0 Å². The third-order valence-corrected chi connectivity index (χ3v) is 5.14. The Labute approximate surface area is 169 Å². The molecule has 1 aromatic heterocycles. The Bertz CT molecular complexity index is 980. The molecule has 4 rings (SSSR count). The number of hydrogen-bond acceptors (Lipinski definition) is 4. The lowest BCUT2D eigenvalue weighted by molar-refractivity contribution is -0.128. The number of benzene rings is 2. The van der Waals surface area contributed by atoms with E-state index in [1.54, 1.807) is 0 Å². The summed E-state index contributed by atoms with van der Waals surface area (Å²) in [6.45, 7) is 1.08. The Morgan fingerprint density at radius 1 is 1.03 bits per heavy atom. The molecule has 7 heteroatoms. The van der Waals surface area contributed by atoms with Crippen LogP contribution in [0, 0.1) is 0 Å². The van der Waals surface area contributed by atoms with Gasteiger partial charge in [-0.1, -0.05) is 30.3 Å². The van der Waals surface area contributed by atoms with E-state index in [4.69, 9.17) is 0 Å². The molecular formula is C22H25N5O2. The highest BCUT2D eigenvalue weighted by Crippen LogP contribution is 2.26. The van der Waals surface area contributed by atoms with E-state index in [9.17, 15) is 9.59 Å². The van der Waals surface area contributed by atoms with Gasteiger partial charge in [-0.25, -0.2) is 4.98 Å². The zero-order valence-corrected chi connectivity index (χ0v) is 16.3. The normalized spacial score (nSPS) is 13.2. The van der Waals surface area contributed by atoms with Gasteiger partial charge in [-0.05, 0) is 43.0 Å². The van der Waals surface area contributed by atoms with Gasteiger partial charge in [0.15, 0.2) is 0 Å². The fourth-order valence-electron chi connectivity index (χ4n) is 3.73. The van der Waals surface area contributed by atoms with Gasteiger partial charge < -0.3 is 9.88 Å². The molecule has 3 N–H and O–H groups in total. The van der Waals surface area contributed by atoms with Crippen molar-refractivity contribution >= 4 is 28.5 Å². The molecule has 0 atom stereocenters. The lowest BCUT2D eigenvalue weighted by atomic mass is 10.0. The number of carbonyl (C=O) groups is 2. The first-order valence-electron chi connectivity index (χ1n) is 10.0. The number of imidazole rings is 1. The highest BCUT2D eigenvalue weighted by molar-refractivity contribution is 5.85. The molecular weight excluding hydrogens is 366 g/mol. The summed E-state index contributed by atoms with van der Waals surface area (Å²) in [6, 6.07) is 16.0. The quantitative estimate of drug-likeness (QED) is 0.563. The van der Waals surface area contributed by atoms with E-state index in [1.165, 1.54) is 5.56 Å². The summed E-state index contributed by atoms with van der Waals surface area (Å²) in [4.78, 5) is 34.1. The Morgan fingerprint density at radius 3 is 2.72 bits per heavy atom. The number of rotatable bonds is 6. The number of amides is 2. The van der Waals surface area contributed by atoms with E-state index in [0.29, 0.717) is 19.3 Å². The van der Waals surface area contributed by atoms with Crippen molar-refractivity contribution in [2.75, 3.05) is 18.0 Å². The monoisotopic (exact) mass is 391 g/mol. The van der Waals surface area contributed by atoms with Crippen LogP contribution in [0.1, 0.15) is 30.7 Å². The number of aromatic nitrogens is 2. The highest BCUT2D eigenvalue weighted by Gasteiger charge is 2.18. The molecule has 150 valence electrons. The molecule has 0 saturated carbocycles. The van der Waals surface area contributed by atoms with Gasteiger partial charge in [-0.15, -0.1) is 0 Å². The highest BCUT2D eigenvalue weighted by atomic mass is 16.2. The average molecular weight is 391 g/mol. The molecule has 2 aromatic carbocycles. The zero-order valence-electron chi connectivity index (χ0n) is 16.3. The second kappa shape index (κ2) is 8.77. The van der Waals surface area contributed by atoms with Gasteiger partial charge in [0.1, 0.15) is 5.82 Å². The van der Waals surface area contributed by atoms with Crippen LogP contribution in [0.25, 0.3) is 11.0 Å². The van der Waals surface area contributed by atoms with E-state index in [2.05, 4.69) is 31.8 Å². The fourth-order valence-corrected chi connectivity index (χ4v) is 3.73. The number of nitrogens with zero attached hydrogens (tertiary/aromatic N) is 2. The van der Waals surface area contributed by atoms with Crippen molar-refractivity contribution in [1.29, 1.82) is 0 Å². The number of hydrogen-bond donors (Lipinski definition) is 3. The predicted octanol–water partition coefficient (Wildman–Crippen LogP) is 2.49. The molecule has 2 amide bonds. The third-order valence-electron chi connectivity index (χ3n) is 5.14. The molecule has 1 aliphatic heterocycles. The van der Waals surface area contributed by atoms with Gasteiger partial charge in [0, 0.05) is 25.1 Å². The summed E-state index contributed by atoms with van der Waals surface area (Å²) in [6.07, 6.45) is 3.72. The summed E-state index contributed by atoms with van der Waals surface area (Å²) in [5.74, 6) is 0.452. The predicted molar refractivity (Wildman–Crippen MR) is 112 cm³/mol. The first kappa shape index (κ1) is 19.0. The van der Waals surface area contributed by atoms with Crippen LogP contribution in [0.5, 0.6) is 0 Å². The molecule has 0 bridgehead atoms. The number of H-pyrrole nitrogens is 1. The minimum atomic E-state index is -0.215. The minimum Gasteiger partial charge on any atom is -0.362 e. The summed E-state index contributed by atoms with van der Waals surface area (Å²) < 4.78 is 0. The molecule has 0 unspecified atom stereocenters. The van der Waals surface area contributed by atoms with Gasteiger partial charge >= 0.3 is 0 Å². The van der Waals surface area contributed by atoms with E-state index in [1.807, 2.05) is 42.5 Å². The molecule has 0 radical (unpaired) electrons. The number of carbonyl (C=O) groups excluding carboxylic acids is 2. The van der Waals surface area contributed by atoms with Gasteiger partial charge in [0.2, 0.25) is 5.91 Å². The number of aromatic amines is 1. The molecule has 0 fully saturated rings. The molecule has 3 aromatic rings. The van der Waals surface area contributed by atoms with Crippen LogP contribution < -0.4 is 15.8 Å². The minimum absolute atomic E-state index is 0.200. The molecule has 7 nitrogen and oxygen atoms in total. The standard InChI is InChI=1S/C22H25N5O2/c28-21(13-5-12-20-23-17-9-2-3-10-18(17)24-20)25-26-22(29)15-27-14-6-8-16-7-1-4-11-19(16)27/h1-4,7,9-11H,5-6,8,12-15H2,(H,23,24)(H,25,28)(H,26,29). The summed E-state index contributed by atoms with van der Waals surface area (Å²) in [5, 5.41) is 0. The van der Waals surface area contributed by atoms with Crippen LogP contribution >= 0.6 is 0 Å². The molecule has 0 saturated heterocycles. The number of hydrazine groups is 1. The molecule has 1 aliphatic rings. The van der Waals surface area contributed by atoms with Crippen molar-refractivity contribution in [3.05, 3.63) is 59.9 Å². The van der Waals surface area contributed by atoms with Crippen LogP contribution in [0.3, 0.4) is 0 Å². The average Bonchev–Trinajstić information content (AvgIpc) is 3.15. The summed E-state index contributed by atoms with van der Waals surface area (Å²) in [7, 11) is 0. The fraction of sp³-hybridized carbons (Fsp3) is 0.318. The van der Waals surface area contributed by atoms with Gasteiger partial charge in [0.25, 0.3) is 5.91 Å². The van der Waals surface area contributed by atoms with Crippen molar-refractivity contribution in [1.82, 2.24) is 20.8 Å². The Hall–Kier alpha value is -3.35. The first-order chi connectivity index (χ1) is 14.2. The van der Waals surface area contributed by atoms with Gasteiger partial charge in [-0.3, -0.25) is 20.4 Å². The maximum Gasteiger partial charge on any atom is 0.257 e. The second-order valence-electron chi connectivity index (χ2n) is 7.30. The lowest BCUT2D eigenvalue weighted by Crippen LogP contribution is -2.47. The number of fused-ring (bicyclic) bond motifs is 2. The summed E-state index contributed by atoms with van der Waals surface area (Å²) >= 11 is 0. The van der Waals surface area contributed by atoms with Gasteiger partial charge in [0.05, 0.1) is 17.6 Å². The SMILES string of the molecule is O=C(CCCc1nc2ccccc2[nH]1)NNC(=O)CN1CCCc2ccccc21. The second-order valence-corrected chi connectivity index (χ2v) is 7.30. The van der Waals surface area contributed by atoms with Crippen LogP contribution in [0.4, 0.5) is 5.69 Å². The first-order valence-corrected chi connectivity index (χ1v) is 10.0. The Balaban J connectivity index is 1.19. The summed E-state index contributed by atoms with van der Waals surface area (Å²) in [5.41, 5.74) is 9.34. The molecule has 29 heavy (non-hydrogen) atoms. The van der Waals surface area contributed by atoms with E-state index in [-0.39, 0.29) is 18.4 Å². The largest absolute Gasteiger partial charge is 0.362 e. The number of nitrogens with one attached hydrogen (secondary N) is 3. The Kier molecular flexibility index (Phi) is 5.74. The smallest absolute Gasteiger partial charge is 0.257 e. The van der Waals surface area contributed by atoms with E-state index in [0.717, 1.165) is 41.9 Å². The number of anilines is 1. The molecule has 0 spiro atoms. The van der Waals surface area contributed by atoms with Crippen LogP contribution in [0.2, 0.25) is 0 Å². The maximum absolute atomic E-state index is 12.2. The molecule has 2 heterocycles. The third kappa shape index (κ3) is 4.74. The van der Waals surface area contributed by atoms with Crippen LogP contribution in [-0.2, 0) is 22.4 Å². The van der Waals surface area contributed by atoms with Crippen molar-refractivity contribution in [3.8, 4) is 0 Å². The number of aryl methyl sites for hydroxylation is 2. The van der Waals surface area contributed by atoms with Crippen molar-refractivity contribution in [2.45, 2.75) is 32.1 Å².